The molecule has 4 nitrogen and oxygen atoms in total. The molecule has 0 saturated heterocycles. The summed E-state index contributed by atoms with van der Waals surface area (Å²) < 4.78 is 4.93. The number of nitrogens with one attached hydrogen (secondary N) is 1. The molecule has 1 aromatic carbocycles. The van der Waals surface area contributed by atoms with E-state index in [0.29, 0.717) is 5.57 Å². The SMILES string of the molecule is C=C(C)C(=O)CNC(=O)OCc1ccccc1. The van der Waals surface area contributed by atoms with Crippen molar-refractivity contribution in [2.75, 3.05) is 6.54 Å². The van der Waals surface area contributed by atoms with Crippen LogP contribution in [0.3, 0.4) is 0 Å². The summed E-state index contributed by atoms with van der Waals surface area (Å²) in [6.07, 6.45) is -0.608. The highest BCUT2D eigenvalue weighted by Crippen LogP contribution is 2.00. The van der Waals surface area contributed by atoms with Crippen LogP contribution in [0.5, 0.6) is 0 Å². The number of benzene rings is 1. The summed E-state index contributed by atoms with van der Waals surface area (Å²) in [5, 5.41) is 2.36. The van der Waals surface area contributed by atoms with Gasteiger partial charge in [0.2, 0.25) is 0 Å². The van der Waals surface area contributed by atoms with Crippen molar-refractivity contribution in [3.63, 3.8) is 0 Å². The van der Waals surface area contributed by atoms with Crippen molar-refractivity contribution in [3.8, 4) is 0 Å². The van der Waals surface area contributed by atoms with Gasteiger partial charge in [-0.25, -0.2) is 4.79 Å². The monoisotopic (exact) mass is 233 g/mol. The van der Waals surface area contributed by atoms with Crippen LogP contribution < -0.4 is 5.32 Å². The van der Waals surface area contributed by atoms with Crippen molar-refractivity contribution in [1.29, 1.82) is 0 Å². The summed E-state index contributed by atoms with van der Waals surface area (Å²) >= 11 is 0. The maximum atomic E-state index is 11.2. The molecular formula is C13H15NO3. The molecule has 1 amide bonds. The van der Waals surface area contributed by atoms with Gasteiger partial charge in [-0.1, -0.05) is 36.9 Å². The number of alkyl carbamates (subject to hydrolysis) is 1. The predicted molar refractivity (Wildman–Crippen MR) is 64.5 cm³/mol. The van der Waals surface area contributed by atoms with Gasteiger partial charge in [-0.15, -0.1) is 0 Å². The second-order valence-electron chi connectivity index (χ2n) is 3.62. The minimum absolute atomic E-state index is 0.0804. The van der Waals surface area contributed by atoms with Gasteiger partial charge < -0.3 is 10.1 Å². The van der Waals surface area contributed by atoms with Crippen LogP contribution in [0, 0.1) is 0 Å². The fraction of sp³-hybridized carbons (Fsp3) is 0.231. The molecule has 0 spiro atoms. The standard InChI is InChI=1S/C13H15NO3/c1-10(2)12(15)8-14-13(16)17-9-11-6-4-3-5-7-11/h3-7H,1,8-9H2,2H3,(H,14,16). The number of Topliss-reactive ketones (excluding diaryl/α,β-unsaturated/α-hetero) is 1. The Hall–Kier alpha value is -2.10. The number of ketones is 1. The van der Waals surface area contributed by atoms with Gasteiger partial charge in [0, 0.05) is 0 Å². The Kier molecular flexibility index (Phi) is 4.94. The minimum atomic E-state index is -0.608. The Morgan fingerprint density at radius 2 is 1.94 bits per heavy atom. The zero-order valence-corrected chi connectivity index (χ0v) is 9.73. The van der Waals surface area contributed by atoms with E-state index >= 15 is 0 Å². The first-order chi connectivity index (χ1) is 8.09. The second-order valence-corrected chi connectivity index (χ2v) is 3.62. The van der Waals surface area contributed by atoms with Crippen LogP contribution in [-0.2, 0) is 16.1 Å². The van der Waals surface area contributed by atoms with Crippen molar-refractivity contribution in [2.45, 2.75) is 13.5 Å². The number of rotatable bonds is 5. The molecule has 0 bridgehead atoms. The molecule has 0 fully saturated rings. The number of ether oxygens (including phenoxy) is 1. The molecule has 0 saturated carbocycles. The average Bonchev–Trinajstić information content (AvgIpc) is 2.34. The summed E-state index contributed by atoms with van der Waals surface area (Å²) in [6.45, 7) is 5.19. The smallest absolute Gasteiger partial charge is 0.407 e. The Morgan fingerprint density at radius 1 is 1.29 bits per heavy atom. The highest BCUT2D eigenvalue weighted by Gasteiger charge is 2.06. The van der Waals surface area contributed by atoms with Gasteiger partial charge in [-0.05, 0) is 18.1 Å². The van der Waals surface area contributed by atoms with Crippen molar-refractivity contribution in [2.24, 2.45) is 0 Å². The second kappa shape index (κ2) is 6.48. The van der Waals surface area contributed by atoms with Crippen molar-refractivity contribution in [3.05, 3.63) is 48.0 Å². The maximum Gasteiger partial charge on any atom is 0.407 e. The number of hydrogen-bond acceptors (Lipinski definition) is 3. The molecule has 0 unspecified atom stereocenters. The van der Waals surface area contributed by atoms with Gasteiger partial charge in [0.1, 0.15) is 6.61 Å². The van der Waals surface area contributed by atoms with Gasteiger partial charge in [0.15, 0.2) is 5.78 Å². The minimum Gasteiger partial charge on any atom is -0.445 e. The first-order valence-corrected chi connectivity index (χ1v) is 5.23. The van der Waals surface area contributed by atoms with E-state index < -0.39 is 6.09 Å². The molecular weight excluding hydrogens is 218 g/mol. The third-order valence-corrected chi connectivity index (χ3v) is 2.08. The highest BCUT2D eigenvalue weighted by atomic mass is 16.5. The van der Waals surface area contributed by atoms with E-state index in [9.17, 15) is 9.59 Å². The van der Waals surface area contributed by atoms with E-state index in [1.807, 2.05) is 30.3 Å². The summed E-state index contributed by atoms with van der Waals surface area (Å²) in [5.74, 6) is -0.207. The van der Waals surface area contributed by atoms with Crippen LogP contribution in [0.4, 0.5) is 4.79 Å². The molecule has 90 valence electrons. The van der Waals surface area contributed by atoms with Crippen LogP contribution in [0.1, 0.15) is 12.5 Å². The fourth-order valence-electron chi connectivity index (χ4n) is 1.08. The number of carbonyl (C=O) groups is 2. The molecule has 17 heavy (non-hydrogen) atoms. The first-order valence-electron chi connectivity index (χ1n) is 5.23. The van der Waals surface area contributed by atoms with E-state index in [4.69, 9.17) is 4.74 Å². The number of carbonyl (C=O) groups excluding carboxylic acids is 2. The molecule has 0 atom stereocenters. The Labute approximate surface area is 100 Å². The fourth-order valence-corrected chi connectivity index (χ4v) is 1.08. The third-order valence-electron chi connectivity index (χ3n) is 2.08. The zero-order chi connectivity index (χ0) is 12.7. The molecule has 1 aromatic rings. The Morgan fingerprint density at radius 3 is 2.53 bits per heavy atom. The van der Waals surface area contributed by atoms with Crippen LogP contribution >= 0.6 is 0 Å². The molecule has 0 heterocycles. The van der Waals surface area contributed by atoms with E-state index in [-0.39, 0.29) is 18.9 Å². The van der Waals surface area contributed by atoms with E-state index in [2.05, 4.69) is 11.9 Å². The largest absolute Gasteiger partial charge is 0.445 e. The number of hydrogen-bond donors (Lipinski definition) is 1. The van der Waals surface area contributed by atoms with E-state index in [1.54, 1.807) is 6.92 Å². The van der Waals surface area contributed by atoms with Gasteiger partial charge in [0.25, 0.3) is 0 Å². The summed E-state index contributed by atoms with van der Waals surface area (Å²) in [4.78, 5) is 22.4. The number of amides is 1. The molecule has 0 aliphatic carbocycles. The van der Waals surface area contributed by atoms with Crippen LogP contribution in [0.15, 0.2) is 42.5 Å². The van der Waals surface area contributed by atoms with Crippen LogP contribution in [0.2, 0.25) is 0 Å². The predicted octanol–water partition coefficient (Wildman–Crippen LogP) is 2.06. The van der Waals surface area contributed by atoms with E-state index in [1.165, 1.54) is 0 Å². The average molecular weight is 233 g/mol. The van der Waals surface area contributed by atoms with Gasteiger partial charge in [-0.3, -0.25) is 4.79 Å². The molecule has 0 aliphatic heterocycles. The lowest BCUT2D eigenvalue weighted by atomic mass is 10.2. The zero-order valence-electron chi connectivity index (χ0n) is 9.73. The normalized spacial score (nSPS) is 9.47. The quantitative estimate of drug-likeness (QED) is 0.792. The molecule has 0 aliphatic rings. The lowest BCUT2D eigenvalue weighted by molar-refractivity contribution is -0.114. The lowest BCUT2D eigenvalue weighted by Gasteiger charge is -2.06. The Balaban J connectivity index is 2.27. The van der Waals surface area contributed by atoms with Crippen LogP contribution in [0.25, 0.3) is 0 Å². The summed E-state index contributed by atoms with van der Waals surface area (Å²) in [7, 11) is 0. The lowest BCUT2D eigenvalue weighted by Crippen LogP contribution is -2.30. The molecule has 4 heteroatoms. The van der Waals surface area contributed by atoms with Crippen molar-refractivity contribution < 1.29 is 14.3 Å². The first kappa shape index (κ1) is 13.0. The Bertz CT molecular complexity index is 412. The summed E-state index contributed by atoms with van der Waals surface area (Å²) in [5.41, 5.74) is 1.31. The molecule has 0 aromatic heterocycles. The highest BCUT2D eigenvalue weighted by molar-refractivity contribution is 5.97. The molecule has 1 N–H and O–H groups in total. The maximum absolute atomic E-state index is 11.2. The summed E-state index contributed by atoms with van der Waals surface area (Å²) in [6, 6.07) is 9.32. The topological polar surface area (TPSA) is 55.4 Å². The van der Waals surface area contributed by atoms with Gasteiger partial charge >= 0.3 is 6.09 Å². The van der Waals surface area contributed by atoms with E-state index in [0.717, 1.165) is 5.56 Å². The van der Waals surface area contributed by atoms with Gasteiger partial charge in [0.05, 0.1) is 6.54 Å². The van der Waals surface area contributed by atoms with Crippen molar-refractivity contribution in [1.82, 2.24) is 5.32 Å². The molecule has 1 rings (SSSR count). The molecule has 0 radical (unpaired) electrons. The third kappa shape index (κ3) is 4.97. The van der Waals surface area contributed by atoms with Crippen LogP contribution in [-0.4, -0.2) is 18.4 Å². The van der Waals surface area contributed by atoms with Gasteiger partial charge in [-0.2, -0.15) is 0 Å². The van der Waals surface area contributed by atoms with Crippen molar-refractivity contribution >= 4 is 11.9 Å².